The molecule has 0 atom stereocenters. The van der Waals surface area contributed by atoms with Crippen molar-refractivity contribution in [2.45, 2.75) is 46.2 Å². The lowest BCUT2D eigenvalue weighted by Crippen LogP contribution is -2.30. The van der Waals surface area contributed by atoms with Gasteiger partial charge in [0.25, 0.3) is 0 Å². The Balaban J connectivity index is 0.000000199. The molecular weight excluding hydrogens is 659 g/mol. The van der Waals surface area contributed by atoms with Gasteiger partial charge in [-0.1, -0.05) is 53.6 Å². The van der Waals surface area contributed by atoms with E-state index < -0.39 is 23.7 Å². The molecule has 0 aliphatic carbocycles. The molecule has 1 saturated heterocycles. The highest BCUT2D eigenvalue weighted by atomic mass is 19.4. The van der Waals surface area contributed by atoms with Gasteiger partial charge in [0.2, 0.25) is 0 Å². The van der Waals surface area contributed by atoms with Gasteiger partial charge in [-0.2, -0.15) is 13.2 Å². The third-order valence-corrected chi connectivity index (χ3v) is 8.32. The number of hydrogen-bond donors (Lipinski definition) is 4. The maximum absolute atomic E-state index is 13.6. The zero-order chi connectivity index (χ0) is 36.7. The van der Waals surface area contributed by atoms with E-state index in [4.69, 9.17) is 0 Å². The molecule has 1 fully saturated rings. The summed E-state index contributed by atoms with van der Waals surface area (Å²) >= 11 is 0. The first-order valence-electron chi connectivity index (χ1n) is 16.4. The van der Waals surface area contributed by atoms with Crippen molar-refractivity contribution in [3.8, 4) is 11.3 Å². The van der Waals surface area contributed by atoms with E-state index in [1.165, 1.54) is 37.6 Å². The number of carbonyl (C=O) groups is 2. The van der Waals surface area contributed by atoms with E-state index in [-0.39, 0.29) is 28.2 Å². The Morgan fingerprint density at radius 1 is 0.706 bits per heavy atom. The number of hydrogen-bond acceptors (Lipinski definition) is 7. The van der Waals surface area contributed by atoms with E-state index in [0.29, 0.717) is 11.3 Å². The Labute approximate surface area is 293 Å². The zero-order valence-electron chi connectivity index (χ0n) is 28.4. The van der Waals surface area contributed by atoms with Crippen LogP contribution in [-0.4, -0.2) is 45.2 Å². The fraction of sp³-hybridized carbons (Fsp3) is 0.231. The summed E-state index contributed by atoms with van der Waals surface area (Å²) < 4.78 is 40.7. The van der Waals surface area contributed by atoms with Crippen LogP contribution in [0.25, 0.3) is 11.3 Å². The largest absolute Gasteiger partial charge is 0.478 e. The fourth-order valence-electron chi connectivity index (χ4n) is 5.85. The monoisotopic (exact) mass is 697 g/mol. The lowest BCUT2D eigenvalue weighted by Gasteiger charge is -2.29. The molecule has 0 amide bonds. The number of anilines is 5. The second-order valence-electron chi connectivity index (χ2n) is 12.4. The van der Waals surface area contributed by atoms with Crippen LogP contribution in [0.5, 0.6) is 0 Å². The Morgan fingerprint density at radius 3 is 1.75 bits per heavy atom. The number of nitrogens with one attached hydrogen (secondary N) is 2. The van der Waals surface area contributed by atoms with Crippen LogP contribution in [0.3, 0.4) is 0 Å². The molecule has 2 aromatic heterocycles. The van der Waals surface area contributed by atoms with E-state index in [0.717, 1.165) is 47.4 Å². The van der Waals surface area contributed by atoms with E-state index in [2.05, 4.69) is 32.4 Å². The maximum atomic E-state index is 13.6. The summed E-state index contributed by atoms with van der Waals surface area (Å²) in [5, 5.41) is 24.6. The molecule has 1 aliphatic rings. The van der Waals surface area contributed by atoms with Gasteiger partial charge in [0.1, 0.15) is 5.82 Å². The highest BCUT2D eigenvalue weighted by molar-refractivity contribution is 5.96. The zero-order valence-corrected chi connectivity index (χ0v) is 28.4. The van der Waals surface area contributed by atoms with Gasteiger partial charge in [-0.25, -0.2) is 14.6 Å². The van der Waals surface area contributed by atoms with Crippen LogP contribution in [0, 0.1) is 20.8 Å². The summed E-state index contributed by atoms with van der Waals surface area (Å²) in [5.74, 6) is -1.08. The molecule has 4 N–H and O–H groups in total. The van der Waals surface area contributed by atoms with Gasteiger partial charge < -0.3 is 25.7 Å². The van der Waals surface area contributed by atoms with Gasteiger partial charge in [0.05, 0.1) is 57.5 Å². The van der Waals surface area contributed by atoms with Crippen LogP contribution >= 0.6 is 0 Å². The molecule has 3 heterocycles. The van der Waals surface area contributed by atoms with Crippen LogP contribution in [0.15, 0.2) is 91.3 Å². The number of alkyl halides is 3. The number of carboxylic acid groups (broad SMARTS) is 2. The summed E-state index contributed by atoms with van der Waals surface area (Å²) in [4.78, 5) is 33.7. The Hall–Kier alpha value is -5.91. The molecule has 0 unspecified atom stereocenters. The van der Waals surface area contributed by atoms with E-state index in [9.17, 15) is 33.0 Å². The summed E-state index contributed by atoms with van der Waals surface area (Å²) in [6.45, 7) is 7.78. The molecule has 6 rings (SSSR count). The standard InChI is InChI=1S/C20H15F3N2O2.C19H23N3O2/c1-12-7-8-17(15(9-12)19(26)27)25-14-10-16(20(21,22)23)18(24-11-14)13-5-3-2-4-6-13;1-13-6-7-17(16(10-13)19(23)24)21-15-11-14(2)18(20-12-15)22-8-4-3-5-9-22/h2-11,25H,1H3,(H,26,27);6-7,10-12,21H,3-5,8-9H2,1-2H3,(H,23,24). The average Bonchev–Trinajstić information content (AvgIpc) is 3.10. The third-order valence-electron chi connectivity index (χ3n) is 8.32. The normalized spacial score (nSPS) is 12.8. The number of halogens is 3. The highest BCUT2D eigenvalue weighted by Crippen LogP contribution is 2.38. The minimum Gasteiger partial charge on any atom is -0.478 e. The Kier molecular flexibility index (Phi) is 11.2. The van der Waals surface area contributed by atoms with Gasteiger partial charge in [-0.05, 0) is 82.0 Å². The Bertz CT molecular complexity index is 2030. The van der Waals surface area contributed by atoms with E-state index in [1.54, 1.807) is 61.7 Å². The second kappa shape index (κ2) is 15.8. The molecule has 3 aromatic carbocycles. The average molecular weight is 698 g/mol. The van der Waals surface area contributed by atoms with Crippen molar-refractivity contribution >= 4 is 40.5 Å². The summed E-state index contributed by atoms with van der Waals surface area (Å²) in [7, 11) is 0. The Morgan fingerprint density at radius 2 is 1.24 bits per heavy atom. The van der Waals surface area contributed by atoms with Crippen molar-refractivity contribution in [1.29, 1.82) is 0 Å². The van der Waals surface area contributed by atoms with Crippen molar-refractivity contribution in [1.82, 2.24) is 9.97 Å². The highest BCUT2D eigenvalue weighted by Gasteiger charge is 2.35. The minimum atomic E-state index is -4.61. The number of rotatable bonds is 8. The van der Waals surface area contributed by atoms with Crippen molar-refractivity contribution in [2.75, 3.05) is 28.6 Å². The van der Waals surface area contributed by atoms with E-state index in [1.807, 2.05) is 19.1 Å². The maximum Gasteiger partial charge on any atom is 0.418 e. The number of aromatic carboxylic acids is 2. The first-order chi connectivity index (χ1) is 24.3. The van der Waals surface area contributed by atoms with Gasteiger partial charge in [-0.15, -0.1) is 0 Å². The molecule has 0 spiro atoms. The topological polar surface area (TPSA) is 128 Å². The quantitative estimate of drug-likeness (QED) is 0.125. The number of benzene rings is 3. The number of carboxylic acids is 2. The first-order valence-corrected chi connectivity index (χ1v) is 16.4. The van der Waals surface area contributed by atoms with Crippen molar-refractivity contribution in [3.63, 3.8) is 0 Å². The van der Waals surface area contributed by atoms with Crippen molar-refractivity contribution in [2.24, 2.45) is 0 Å². The van der Waals surface area contributed by atoms with Gasteiger partial charge in [-0.3, -0.25) is 4.98 Å². The van der Waals surface area contributed by atoms with E-state index >= 15 is 0 Å². The number of pyridine rings is 2. The molecule has 0 bridgehead atoms. The van der Waals surface area contributed by atoms with Crippen LogP contribution in [-0.2, 0) is 6.18 Å². The van der Waals surface area contributed by atoms with Crippen LogP contribution in [0.4, 0.5) is 41.7 Å². The second-order valence-corrected chi connectivity index (χ2v) is 12.4. The molecular formula is C39H38F3N5O4. The summed E-state index contributed by atoms with van der Waals surface area (Å²) in [6.07, 6.45) is 2.14. The minimum absolute atomic E-state index is 0.0318. The van der Waals surface area contributed by atoms with Crippen LogP contribution in [0.2, 0.25) is 0 Å². The fourth-order valence-corrected chi connectivity index (χ4v) is 5.85. The molecule has 264 valence electrons. The van der Waals surface area contributed by atoms with Crippen LogP contribution in [0.1, 0.15) is 62.2 Å². The lowest BCUT2D eigenvalue weighted by molar-refractivity contribution is -0.137. The van der Waals surface area contributed by atoms with Crippen LogP contribution < -0.4 is 15.5 Å². The van der Waals surface area contributed by atoms with Gasteiger partial charge in [0.15, 0.2) is 0 Å². The van der Waals surface area contributed by atoms with Gasteiger partial charge in [0, 0.05) is 18.7 Å². The molecule has 0 saturated carbocycles. The smallest absolute Gasteiger partial charge is 0.418 e. The molecule has 12 heteroatoms. The van der Waals surface area contributed by atoms with Crippen molar-refractivity contribution in [3.05, 3.63) is 125 Å². The molecule has 51 heavy (non-hydrogen) atoms. The number of piperidine rings is 1. The summed E-state index contributed by atoms with van der Waals surface area (Å²) in [5.41, 5.74) is 3.88. The SMILES string of the molecule is Cc1ccc(Nc2cnc(-c3ccccc3)c(C(F)(F)F)c2)c(C(=O)O)c1.Cc1ccc(Nc2cnc(N3CCCCC3)c(C)c2)c(C(=O)O)c1. The molecule has 5 aromatic rings. The molecule has 9 nitrogen and oxygen atoms in total. The number of nitrogens with zero attached hydrogens (tertiary/aromatic N) is 3. The lowest BCUT2D eigenvalue weighted by atomic mass is 10.0. The van der Waals surface area contributed by atoms with Crippen molar-refractivity contribution < 1.29 is 33.0 Å². The summed E-state index contributed by atoms with van der Waals surface area (Å²) in [6, 6.07) is 21.0. The predicted octanol–water partition coefficient (Wildman–Crippen LogP) is 9.65. The predicted molar refractivity (Wildman–Crippen MR) is 193 cm³/mol. The first kappa shape index (κ1) is 36.4. The third kappa shape index (κ3) is 9.21. The number of aryl methyl sites for hydroxylation is 3. The molecule has 1 aliphatic heterocycles. The molecule has 0 radical (unpaired) electrons. The van der Waals surface area contributed by atoms with Gasteiger partial charge >= 0.3 is 18.1 Å². The number of aromatic nitrogens is 2.